The summed E-state index contributed by atoms with van der Waals surface area (Å²) >= 11 is 0. The fraction of sp³-hybridized carbons (Fsp3) is 0.526. The molecule has 1 N–H and O–H groups in total. The minimum Gasteiger partial charge on any atom is -0.453 e. The van der Waals surface area contributed by atoms with Gasteiger partial charge in [-0.15, -0.1) is 0 Å². The molecule has 1 saturated carbocycles. The number of hydrogen-bond acceptors (Lipinski definition) is 5. The van der Waals surface area contributed by atoms with Gasteiger partial charge in [-0.25, -0.2) is 9.59 Å². The molecule has 3 unspecified atom stereocenters. The molecule has 3 amide bonds. The van der Waals surface area contributed by atoms with Gasteiger partial charge in [0, 0.05) is 31.1 Å². The Labute approximate surface area is 157 Å². The number of alkyl carbamates (subject to hydrolysis) is 1. The lowest BCUT2D eigenvalue weighted by Gasteiger charge is -2.20. The summed E-state index contributed by atoms with van der Waals surface area (Å²) in [5.74, 6) is 0.669. The Bertz CT molecular complexity index is 780. The standard InChI is InChI=1S/C19H23N3O5/c1-12(23)21-9-14-7-19(14,11-21)13-3-5-15(6-4-13)22-10-16(27-18(22)25)8-20-17(24)26-2/h3-6,14,16H,7-11H2,1-2H3,(H,20,24). The van der Waals surface area contributed by atoms with Crippen LogP contribution in [0.2, 0.25) is 0 Å². The molecule has 2 saturated heterocycles. The Morgan fingerprint density at radius 1 is 1.30 bits per heavy atom. The van der Waals surface area contributed by atoms with Crippen LogP contribution in [-0.4, -0.2) is 62.4 Å². The fourth-order valence-electron chi connectivity index (χ4n) is 4.25. The Morgan fingerprint density at radius 2 is 2.04 bits per heavy atom. The summed E-state index contributed by atoms with van der Waals surface area (Å²) in [7, 11) is 1.29. The van der Waals surface area contributed by atoms with Gasteiger partial charge in [0.25, 0.3) is 0 Å². The lowest BCUT2D eigenvalue weighted by molar-refractivity contribution is -0.128. The summed E-state index contributed by atoms with van der Waals surface area (Å²) < 4.78 is 9.81. The summed E-state index contributed by atoms with van der Waals surface area (Å²) in [6.45, 7) is 3.81. The number of rotatable bonds is 4. The summed E-state index contributed by atoms with van der Waals surface area (Å²) in [4.78, 5) is 38.4. The number of methoxy groups -OCH3 is 1. The number of carbonyl (C=O) groups is 3. The minimum atomic E-state index is -0.553. The molecular weight excluding hydrogens is 350 g/mol. The number of amides is 3. The van der Waals surface area contributed by atoms with Crippen molar-refractivity contribution in [1.29, 1.82) is 0 Å². The van der Waals surface area contributed by atoms with E-state index in [1.807, 2.05) is 29.2 Å². The number of benzene rings is 1. The summed E-state index contributed by atoms with van der Waals surface area (Å²) in [6.07, 6.45) is -0.279. The van der Waals surface area contributed by atoms with Gasteiger partial charge in [-0.05, 0) is 30.0 Å². The normalized spacial score (nSPS) is 28.6. The average molecular weight is 373 g/mol. The second kappa shape index (κ2) is 6.44. The molecule has 8 heteroatoms. The highest BCUT2D eigenvalue weighted by atomic mass is 16.6. The van der Waals surface area contributed by atoms with E-state index in [0.717, 1.165) is 25.2 Å². The number of nitrogens with zero attached hydrogens (tertiary/aromatic N) is 2. The number of carbonyl (C=O) groups excluding carboxylic acids is 3. The smallest absolute Gasteiger partial charge is 0.414 e. The molecule has 2 aliphatic heterocycles. The van der Waals surface area contributed by atoms with E-state index in [4.69, 9.17) is 4.74 Å². The van der Waals surface area contributed by atoms with Crippen molar-refractivity contribution >= 4 is 23.8 Å². The van der Waals surface area contributed by atoms with Crippen molar-refractivity contribution in [1.82, 2.24) is 10.2 Å². The van der Waals surface area contributed by atoms with Crippen molar-refractivity contribution in [2.45, 2.75) is 24.9 Å². The molecular formula is C19H23N3O5. The Kier molecular flexibility index (Phi) is 4.20. The second-order valence-corrected chi connectivity index (χ2v) is 7.49. The van der Waals surface area contributed by atoms with E-state index < -0.39 is 18.3 Å². The van der Waals surface area contributed by atoms with E-state index in [0.29, 0.717) is 12.5 Å². The van der Waals surface area contributed by atoms with E-state index >= 15 is 0 Å². The highest BCUT2D eigenvalue weighted by molar-refractivity contribution is 5.89. The van der Waals surface area contributed by atoms with Gasteiger partial charge in [0.15, 0.2) is 0 Å². The van der Waals surface area contributed by atoms with E-state index in [9.17, 15) is 14.4 Å². The quantitative estimate of drug-likeness (QED) is 0.864. The van der Waals surface area contributed by atoms with Gasteiger partial charge in [0.1, 0.15) is 6.10 Å². The van der Waals surface area contributed by atoms with Crippen LogP contribution in [0.25, 0.3) is 0 Å². The third-order valence-corrected chi connectivity index (χ3v) is 5.88. The number of fused-ring (bicyclic) bond motifs is 1. The monoisotopic (exact) mass is 373 g/mol. The van der Waals surface area contributed by atoms with Crippen LogP contribution in [-0.2, 0) is 19.7 Å². The van der Waals surface area contributed by atoms with Gasteiger partial charge in [0.05, 0.1) is 20.2 Å². The van der Waals surface area contributed by atoms with Crippen LogP contribution in [0, 0.1) is 5.92 Å². The number of piperidine rings is 1. The molecule has 3 fully saturated rings. The predicted molar refractivity (Wildman–Crippen MR) is 96.5 cm³/mol. The zero-order valence-corrected chi connectivity index (χ0v) is 15.4. The van der Waals surface area contributed by atoms with E-state index in [1.54, 1.807) is 11.8 Å². The molecule has 0 radical (unpaired) electrons. The lowest BCUT2D eigenvalue weighted by Crippen LogP contribution is -2.34. The molecule has 4 rings (SSSR count). The van der Waals surface area contributed by atoms with Crippen LogP contribution >= 0.6 is 0 Å². The SMILES string of the molecule is COC(=O)NCC1CN(c2ccc(C34CC3CN(C(C)=O)C4)cc2)C(=O)O1. The minimum absolute atomic E-state index is 0.0860. The van der Waals surface area contributed by atoms with Gasteiger partial charge >= 0.3 is 12.2 Å². The molecule has 3 aliphatic rings. The fourth-order valence-corrected chi connectivity index (χ4v) is 4.25. The first-order valence-electron chi connectivity index (χ1n) is 9.09. The van der Waals surface area contributed by atoms with Gasteiger partial charge in [0.2, 0.25) is 5.91 Å². The van der Waals surface area contributed by atoms with Gasteiger partial charge in [-0.3, -0.25) is 9.69 Å². The highest BCUT2D eigenvalue weighted by Crippen LogP contribution is 2.59. The van der Waals surface area contributed by atoms with Crippen LogP contribution in [0.3, 0.4) is 0 Å². The molecule has 2 heterocycles. The largest absolute Gasteiger partial charge is 0.453 e. The molecule has 1 aromatic rings. The maximum Gasteiger partial charge on any atom is 0.414 e. The number of ether oxygens (including phenoxy) is 2. The summed E-state index contributed by atoms with van der Waals surface area (Å²) in [5.41, 5.74) is 2.07. The van der Waals surface area contributed by atoms with E-state index in [2.05, 4.69) is 10.1 Å². The molecule has 3 atom stereocenters. The molecule has 27 heavy (non-hydrogen) atoms. The Balaban J connectivity index is 1.41. The van der Waals surface area contributed by atoms with Crippen LogP contribution in [0.5, 0.6) is 0 Å². The van der Waals surface area contributed by atoms with Gasteiger partial charge < -0.3 is 19.7 Å². The molecule has 0 bridgehead atoms. The molecule has 0 aromatic heterocycles. The number of anilines is 1. The van der Waals surface area contributed by atoms with Crippen LogP contribution in [0.15, 0.2) is 24.3 Å². The molecule has 0 spiro atoms. The molecule has 1 aromatic carbocycles. The number of nitrogens with one attached hydrogen (secondary N) is 1. The van der Waals surface area contributed by atoms with Crippen molar-refractivity contribution in [3.63, 3.8) is 0 Å². The maximum absolute atomic E-state index is 12.1. The first-order chi connectivity index (χ1) is 12.9. The van der Waals surface area contributed by atoms with Crippen molar-refractivity contribution in [2.24, 2.45) is 5.92 Å². The molecule has 8 nitrogen and oxygen atoms in total. The van der Waals surface area contributed by atoms with Crippen LogP contribution in [0.1, 0.15) is 18.9 Å². The van der Waals surface area contributed by atoms with Crippen molar-refractivity contribution in [3.8, 4) is 0 Å². The zero-order chi connectivity index (χ0) is 19.2. The van der Waals surface area contributed by atoms with Crippen molar-refractivity contribution in [3.05, 3.63) is 29.8 Å². The predicted octanol–water partition coefficient (Wildman–Crippen LogP) is 1.49. The zero-order valence-electron chi connectivity index (χ0n) is 15.4. The van der Waals surface area contributed by atoms with Crippen molar-refractivity contribution < 1.29 is 23.9 Å². The van der Waals surface area contributed by atoms with Gasteiger partial charge in [-0.2, -0.15) is 0 Å². The van der Waals surface area contributed by atoms with E-state index in [1.165, 1.54) is 12.7 Å². The van der Waals surface area contributed by atoms with E-state index in [-0.39, 0.29) is 17.9 Å². The maximum atomic E-state index is 12.1. The van der Waals surface area contributed by atoms with Crippen molar-refractivity contribution in [2.75, 3.05) is 38.2 Å². The lowest BCUT2D eigenvalue weighted by atomic mass is 9.94. The highest BCUT2D eigenvalue weighted by Gasteiger charge is 2.61. The van der Waals surface area contributed by atoms with Gasteiger partial charge in [-0.1, -0.05) is 12.1 Å². The second-order valence-electron chi connectivity index (χ2n) is 7.49. The first-order valence-corrected chi connectivity index (χ1v) is 9.09. The topological polar surface area (TPSA) is 88.2 Å². The third-order valence-electron chi connectivity index (χ3n) is 5.88. The van der Waals surface area contributed by atoms with Crippen LogP contribution < -0.4 is 10.2 Å². The Hall–Kier alpha value is -2.77. The third kappa shape index (κ3) is 3.09. The summed E-state index contributed by atoms with van der Waals surface area (Å²) in [6, 6.07) is 7.94. The number of likely N-dealkylation sites (tertiary alicyclic amines) is 1. The summed E-state index contributed by atoms with van der Waals surface area (Å²) in [5, 5.41) is 2.54. The average Bonchev–Trinajstić information content (AvgIpc) is 3.03. The first kappa shape index (κ1) is 17.6. The molecule has 144 valence electrons. The number of hydrogen-bond donors (Lipinski definition) is 1. The Morgan fingerprint density at radius 3 is 2.67 bits per heavy atom. The number of cyclic esters (lactones) is 1. The molecule has 1 aliphatic carbocycles. The van der Waals surface area contributed by atoms with Crippen LogP contribution in [0.4, 0.5) is 15.3 Å².